The predicted molar refractivity (Wildman–Crippen MR) is 132 cm³/mol. The number of ketones is 3. The molecule has 3 atom stereocenters. The zero-order chi connectivity index (χ0) is 23.8. The molecule has 0 aliphatic heterocycles. The summed E-state index contributed by atoms with van der Waals surface area (Å²) in [5.41, 5.74) is 4.66. The summed E-state index contributed by atoms with van der Waals surface area (Å²) >= 11 is 0. The first-order valence-electron chi connectivity index (χ1n) is 12.8. The van der Waals surface area contributed by atoms with Crippen molar-refractivity contribution in [1.29, 1.82) is 0 Å². The van der Waals surface area contributed by atoms with Gasteiger partial charge in [0.15, 0.2) is 5.78 Å². The molecule has 0 saturated heterocycles. The number of fused-ring (bicyclic) bond motifs is 1. The molecule has 0 spiro atoms. The second-order valence-corrected chi connectivity index (χ2v) is 10.5. The van der Waals surface area contributed by atoms with Gasteiger partial charge in [0.2, 0.25) is 0 Å². The average Bonchev–Trinajstić information content (AvgIpc) is 2.69. The fourth-order valence-corrected chi connectivity index (χ4v) is 5.74. The van der Waals surface area contributed by atoms with Crippen LogP contribution >= 0.6 is 0 Å². The Kier molecular flexibility index (Phi) is 10.3. The van der Waals surface area contributed by atoms with Crippen LogP contribution in [0.3, 0.4) is 0 Å². The molecule has 1 aromatic carbocycles. The molecular weight excluding hydrogens is 396 g/mol. The molecule has 3 heteroatoms. The second-order valence-electron chi connectivity index (χ2n) is 10.5. The first-order valence-corrected chi connectivity index (χ1v) is 12.8. The lowest BCUT2D eigenvalue weighted by Crippen LogP contribution is -2.30. The number of hydrogen-bond donors (Lipinski definition) is 0. The highest BCUT2D eigenvalue weighted by atomic mass is 16.1. The zero-order valence-electron chi connectivity index (χ0n) is 21.3. The Labute approximate surface area is 195 Å². The normalized spacial score (nSPS) is 17.8. The summed E-state index contributed by atoms with van der Waals surface area (Å²) < 4.78 is 0. The molecule has 0 saturated carbocycles. The molecule has 0 N–H and O–H groups in total. The lowest BCUT2D eigenvalue weighted by Gasteiger charge is -2.32. The van der Waals surface area contributed by atoms with Gasteiger partial charge in [0.1, 0.15) is 11.6 Å². The second kappa shape index (κ2) is 12.5. The van der Waals surface area contributed by atoms with Gasteiger partial charge in [-0.05, 0) is 80.4 Å². The van der Waals surface area contributed by atoms with Crippen LogP contribution in [0, 0.1) is 30.6 Å². The van der Waals surface area contributed by atoms with E-state index in [2.05, 4.69) is 46.8 Å². The number of aryl methyl sites for hydroxylation is 1. The third-order valence-corrected chi connectivity index (χ3v) is 7.29. The van der Waals surface area contributed by atoms with Crippen molar-refractivity contribution >= 4 is 17.3 Å². The van der Waals surface area contributed by atoms with Gasteiger partial charge in [0, 0.05) is 17.9 Å². The van der Waals surface area contributed by atoms with Crippen LogP contribution < -0.4 is 0 Å². The minimum atomic E-state index is -0.0691. The van der Waals surface area contributed by atoms with Crippen molar-refractivity contribution in [2.75, 3.05) is 0 Å². The van der Waals surface area contributed by atoms with Gasteiger partial charge in [-0.25, -0.2) is 0 Å². The maximum absolute atomic E-state index is 13.2. The molecule has 0 radical (unpaired) electrons. The lowest BCUT2D eigenvalue weighted by atomic mass is 9.72. The summed E-state index contributed by atoms with van der Waals surface area (Å²) in [5, 5.41) is 0. The van der Waals surface area contributed by atoms with Crippen molar-refractivity contribution in [3.8, 4) is 0 Å². The molecule has 3 nitrogen and oxygen atoms in total. The summed E-state index contributed by atoms with van der Waals surface area (Å²) in [7, 11) is 0. The number of carbonyl (C=O) groups excluding carboxylic acids is 3. The van der Waals surface area contributed by atoms with Gasteiger partial charge in [-0.3, -0.25) is 14.4 Å². The van der Waals surface area contributed by atoms with E-state index in [-0.39, 0.29) is 41.5 Å². The predicted octanol–water partition coefficient (Wildman–Crippen LogP) is 7.10. The molecule has 3 unspecified atom stereocenters. The number of Topliss-reactive ketones (excluding diaryl/α,β-unsaturated/α-hetero) is 3. The molecule has 1 aromatic rings. The first-order chi connectivity index (χ1) is 15.2. The molecular formula is C29H44O3. The summed E-state index contributed by atoms with van der Waals surface area (Å²) in [6.07, 6.45) is 8.65. The Morgan fingerprint density at radius 3 is 2.41 bits per heavy atom. The molecule has 1 aliphatic rings. The standard InChI is InChI=1S/C29H44O3/c1-7-10-24(26(8-2)27(31)15-20(5)30)16-22-17-25-14-13-23(12-9-11-19(3)4)21(6)29(25)28(32)18-22/h13-14,19,22,24,26H,7-12,15-18H2,1-6H3. The molecule has 0 bridgehead atoms. The Morgan fingerprint density at radius 2 is 1.81 bits per heavy atom. The minimum absolute atomic E-state index is 0.0456. The van der Waals surface area contributed by atoms with Crippen molar-refractivity contribution in [3.05, 3.63) is 34.4 Å². The fourth-order valence-electron chi connectivity index (χ4n) is 5.74. The average molecular weight is 441 g/mol. The first kappa shape index (κ1) is 26.5. The summed E-state index contributed by atoms with van der Waals surface area (Å²) in [4.78, 5) is 37.4. The Morgan fingerprint density at radius 1 is 1.09 bits per heavy atom. The quantitative estimate of drug-likeness (QED) is 0.307. The highest BCUT2D eigenvalue weighted by Gasteiger charge is 2.33. The van der Waals surface area contributed by atoms with Gasteiger partial charge in [0.25, 0.3) is 0 Å². The number of hydrogen-bond acceptors (Lipinski definition) is 3. The molecule has 178 valence electrons. The monoisotopic (exact) mass is 440 g/mol. The van der Waals surface area contributed by atoms with E-state index in [0.717, 1.165) is 44.1 Å². The molecule has 0 amide bonds. The van der Waals surface area contributed by atoms with Crippen molar-refractivity contribution in [2.45, 2.75) is 106 Å². The smallest absolute Gasteiger partial charge is 0.163 e. The molecule has 2 rings (SSSR count). The highest BCUT2D eigenvalue weighted by molar-refractivity contribution is 6.00. The third kappa shape index (κ3) is 7.12. The maximum Gasteiger partial charge on any atom is 0.163 e. The van der Waals surface area contributed by atoms with E-state index >= 15 is 0 Å². The summed E-state index contributed by atoms with van der Waals surface area (Å²) in [6.45, 7) is 12.3. The van der Waals surface area contributed by atoms with E-state index < -0.39 is 0 Å². The van der Waals surface area contributed by atoms with Crippen molar-refractivity contribution in [2.24, 2.45) is 23.7 Å². The van der Waals surface area contributed by atoms with Crippen LogP contribution in [0.4, 0.5) is 0 Å². The third-order valence-electron chi connectivity index (χ3n) is 7.29. The Hall–Kier alpha value is -1.77. The maximum atomic E-state index is 13.2. The minimum Gasteiger partial charge on any atom is -0.300 e. The number of rotatable bonds is 13. The van der Waals surface area contributed by atoms with Crippen molar-refractivity contribution in [1.82, 2.24) is 0 Å². The van der Waals surface area contributed by atoms with Gasteiger partial charge in [-0.1, -0.05) is 59.1 Å². The van der Waals surface area contributed by atoms with E-state index in [1.807, 2.05) is 0 Å². The Bertz CT molecular complexity index is 805. The summed E-state index contributed by atoms with van der Waals surface area (Å²) in [6, 6.07) is 4.42. The van der Waals surface area contributed by atoms with Crippen LogP contribution in [0.2, 0.25) is 0 Å². The van der Waals surface area contributed by atoms with E-state index in [0.29, 0.717) is 12.3 Å². The van der Waals surface area contributed by atoms with Crippen molar-refractivity contribution in [3.63, 3.8) is 0 Å². The molecule has 0 heterocycles. The van der Waals surface area contributed by atoms with Crippen LogP contribution in [-0.2, 0) is 22.4 Å². The summed E-state index contributed by atoms with van der Waals surface area (Å²) in [5.74, 6) is 1.50. The topological polar surface area (TPSA) is 51.2 Å². The number of benzene rings is 1. The van der Waals surface area contributed by atoms with E-state index in [4.69, 9.17) is 0 Å². The zero-order valence-corrected chi connectivity index (χ0v) is 21.3. The number of carbonyl (C=O) groups is 3. The van der Waals surface area contributed by atoms with Gasteiger partial charge < -0.3 is 0 Å². The van der Waals surface area contributed by atoms with E-state index in [9.17, 15) is 14.4 Å². The van der Waals surface area contributed by atoms with Gasteiger partial charge >= 0.3 is 0 Å². The van der Waals surface area contributed by atoms with Crippen LogP contribution in [-0.4, -0.2) is 17.3 Å². The van der Waals surface area contributed by atoms with E-state index in [1.165, 1.54) is 36.5 Å². The van der Waals surface area contributed by atoms with Gasteiger partial charge in [-0.15, -0.1) is 0 Å². The van der Waals surface area contributed by atoms with Gasteiger partial charge in [0.05, 0.1) is 6.42 Å². The van der Waals surface area contributed by atoms with Crippen LogP contribution in [0.1, 0.15) is 113 Å². The van der Waals surface area contributed by atoms with E-state index in [1.54, 1.807) is 0 Å². The van der Waals surface area contributed by atoms with Gasteiger partial charge in [-0.2, -0.15) is 0 Å². The van der Waals surface area contributed by atoms with Crippen molar-refractivity contribution < 1.29 is 14.4 Å². The molecule has 1 aliphatic carbocycles. The van der Waals surface area contributed by atoms with Crippen LogP contribution in [0.25, 0.3) is 0 Å². The lowest BCUT2D eigenvalue weighted by molar-refractivity contribution is -0.129. The van der Waals surface area contributed by atoms with Crippen LogP contribution in [0.15, 0.2) is 12.1 Å². The molecule has 0 fully saturated rings. The Balaban J connectivity index is 2.15. The SMILES string of the molecule is CCCC(CC1CC(=O)c2c(ccc(CCCC(C)C)c2C)C1)C(CC)C(=O)CC(C)=O. The molecule has 0 aromatic heterocycles. The van der Waals surface area contributed by atoms with Crippen LogP contribution in [0.5, 0.6) is 0 Å². The largest absolute Gasteiger partial charge is 0.300 e. The fraction of sp³-hybridized carbons (Fsp3) is 0.690. The molecule has 32 heavy (non-hydrogen) atoms. The highest BCUT2D eigenvalue weighted by Crippen LogP contribution is 2.37.